The molecule has 1 aromatic heterocycles. The normalized spacial score (nSPS) is 29.0. The average Bonchev–Trinajstić information content (AvgIpc) is 2.54. The Balaban J connectivity index is 1.81. The van der Waals surface area contributed by atoms with Crippen LogP contribution >= 0.6 is 0 Å². The molecule has 0 bridgehead atoms. The second kappa shape index (κ2) is 6.15. The van der Waals surface area contributed by atoms with Gasteiger partial charge in [-0.2, -0.15) is 0 Å². The SMILES string of the molecule is COC[C@@]12CCCO[C@@H]1CCN(c1cc(OC)ncn1)C2. The van der Waals surface area contributed by atoms with Gasteiger partial charge in [-0.3, -0.25) is 0 Å². The lowest BCUT2D eigenvalue weighted by atomic mass is 9.73. The molecule has 0 unspecified atom stereocenters. The van der Waals surface area contributed by atoms with E-state index in [0.29, 0.717) is 12.0 Å². The Hall–Kier alpha value is -1.40. The molecule has 3 rings (SSSR count). The lowest BCUT2D eigenvalue weighted by Crippen LogP contribution is -2.57. The quantitative estimate of drug-likeness (QED) is 0.838. The Morgan fingerprint density at radius 3 is 3.14 bits per heavy atom. The highest BCUT2D eigenvalue weighted by atomic mass is 16.5. The van der Waals surface area contributed by atoms with Crippen molar-refractivity contribution in [2.24, 2.45) is 5.41 Å². The molecule has 2 aliphatic rings. The maximum Gasteiger partial charge on any atom is 0.218 e. The van der Waals surface area contributed by atoms with Crippen molar-refractivity contribution in [1.29, 1.82) is 0 Å². The first-order valence-electron chi connectivity index (χ1n) is 7.49. The van der Waals surface area contributed by atoms with Crippen molar-refractivity contribution in [3.05, 3.63) is 12.4 Å². The van der Waals surface area contributed by atoms with E-state index in [1.165, 1.54) is 0 Å². The minimum absolute atomic E-state index is 0.0729. The molecule has 0 aliphatic carbocycles. The van der Waals surface area contributed by atoms with Crippen LogP contribution in [-0.2, 0) is 9.47 Å². The van der Waals surface area contributed by atoms with Crippen LogP contribution in [0.1, 0.15) is 19.3 Å². The molecule has 3 heterocycles. The van der Waals surface area contributed by atoms with Crippen molar-refractivity contribution < 1.29 is 14.2 Å². The Kier molecular flexibility index (Phi) is 4.26. The number of aromatic nitrogens is 2. The summed E-state index contributed by atoms with van der Waals surface area (Å²) in [6.07, 6.45) is 5.10. The zero-order valence-corrected chi connectivity index (χ0v) is 12.7. The maximum absolute atomic E-state index is 6.00. The first kappa shape index (κ1) is 14.5. The summed E-state index contributed by atoms with van der Waals surface area (Å²) in [4.78, 5) is 10.8. The molecule has 0 aromatic carbocycles. The number of hydrogen-bond donors (Lipinski definition) is 0. The molecule has 0 radical (unpaired) electrons. The van der Waals surface area contributed by atoms with Crippen molar-refractivity contribution >= 4 is 5.82 Å². The molecule has 0 amide bonds. The van der Waals surface area contributed by atoms with Gasteiger partial charge in [0.2, 0.25) is 5.88 Å². The van der Waals surface area contributed by atoms with Crippen molar-refractivity contribution in [2.75, 3.05) is 45.4 Å². The van der Waals surface area contributed by atoms with E-state index >= 15 is 0 Å². The topological polar surface area (TPSA) is 56.7 Å². The number of methoxy groups -OCH3 is 2. The molecule has 6 nitrogen and oxygen atoms in total. The lowest BCUT2D eigenvalue weighted by molar-refractivity contribution is -0.119. The molecule has 116 valence electrons. The van der Waals surface area contributed by atoms with Crippen molar-refractivity contribution in [1.82, 2.24) is 9.97 Å². The van der Waals surface area contributed by atoms with Gasteiger partial charge >= 0.3 is 0 Å². The number of piperidine rings is 1. The van der Waals surface area contributed by atoms with Crippen LogP contribution in [0, 0.1) is 5.41 Å². The van der Waals surface area contributed by atoms with Crippen molar-refractivity contribution in [2.45, 2.75) is 25.4 Å². The van der Waals surface area contributed by atoms with E-state index in [0.717, 1.165) is 51.4 Å². The highest BCUT2D eigenvalue weighted by Crippen LogP contribution is 2.41. The minimum atomic E-state index is 0.0729. The summed E-state index contributed by atoms with van der Waals surface area (Å²) < 4.78 is 16.7. The molecule has 21 heavy (non-hydrogen) atoms. The monoisotopic (exact) mass is 293 g/mol. The molecule has 0 N–H and O–H groups in total. The van der Waals surface area contributed by atoms with Gasteiger partial charge in [0.05, 0.1) is 19.8 Å². The van der Waals surface area contributed by atoms with Gasteiger partial charge in [-0.25, -0.2) is 9.97 Å². The van der Waals surface area contributed by atoms with Crippen LogP contribution in [0.4, 0.5) is 5.82 Å². The third kappa shape index (κ3) is 2.82. The first-order chi connectivity index (χ1) is 10.3. The van der Waals surface area contributed by atoms with Gasteiger partial charge in [0.25, 0.3) is 0 Å². The molecule has 1 aromatic rings. The standard InChI is InChI=1S/C15H23N3O3/c1-19-10-15-5-3-7-21-12(15)4-6-18(9-15)13-8-14(20-2)17-11-16-13/h8,11-12H,3-7,9-10H2,1-2H3/t12-,15+/m1/s1. The van der Waals surface area contributed by atoms with Crippen molar-refractivity contribution in [3.8, 4) is 5.88 Å². The van der Waals surface area contributed by atoms with Gasteiger partial charge in [0.1, 0.15) is 12.1 Å². The predicted octanol–water partition coefficient (Wildman–Crippen LogP) is 1.51. The van der Waals surface area contributed by atoms with Crippen LogP contribution < -0.4 is 9.64 Å². The summed E-state index contributed by atoms with van der Waals surface area (Å²) in [5.74, 6) is 1.52. The van der Waals surface area contributed by atoms with Crippen LogP contribution in [0.2, 0.25) is 0 Å². The molecular weight excluding hydrogens is 270 g/mol. The average molecular weight is 293 g/mol. The molecule has 0 spiro atoms. The molecule has 2 aliphatic heterocycles. The summed E-state index contributed by atoms with van der Waals surface area (Å²) in [6, 6.07) is 1.89. The molecular formula is C15H23N3O3. The van der Waals surface area contributed by atoms with E-state index in [2.05, 4.69) is 14.9 Å². The molecule has 0 saturated carbocycles. The Bertz CT molecular complexity index is 481. The smallest absolute Gasteiger partial charge is 0.218 e. The fourth-order valence-electron chi connectivity index (χ4n) is 3.60. The largest absolute Gasteiger partial charge is 0.481 e. The van der Waals surface area contributed by atoms with Crippen LogP contribution in [-0.4, -0.2) is 56.6 Å². The number of nitrogens with zero attached hydrogens (tertiary/aromatic N) is 3. The van der Waals surface area contributed by atoms with Gasteiger partial charge in [-0.05, 0) is 19.3 Å². The second-order valence-corrected chi connectivity index (χ2v) is 5.89. The van der Waals surface area contributed by atoms with Crippen LogP contribution in [0.5, 0.6) is 5.88 Å². The fourth-order valence-corrected chi connectivity index (χ4v) is 3.60. The Morgan fingerprint density at radius 1 is 1.43 bits per heavy atom. The van der Waals surface area contributed by atoms with E-state index < -0.39 is 0 Å². The molecule has 2 saturated heterocycles. The van der Waals surface area contributed by atoms with E-state index in [1.807, 2.05) is 6.07 Å². The predicted molar refractivity (Wildman–Crippen MR) is 78.7 cm³/mol. The third-order valence-corrected chi connectivity index (χ3v) is 4.58. The van der Waals surface area contributed by atoms with E-state index in [1.54, 1.807) is 20.5 Å². The van der Waals surface area contributed by atoms with Crippen molar-refractivity contribution in [3.63, 3.8) is 0 Å². The summed E-state index contributed by atoms with van der Waals surface area (Å²) in [7, 11) is 3.40. The third-order valence-electron chi connectivity index (χ3n) is 4.58. The number of anilines is 1. The summed E-state index contributed by atoms with van der Waals surface area (Å²) in [6.45, 7) is 3.45. The van der Waals surface area contributed by atoms with Gasteiger partial charge in [0, 0.05) is 38.3 Å². The second-order valence-electron chi connectivity index (χ2n) is 5.89. The fraction of sp³-hybridized carbons (Fsp3) is 0.733. The summed E-state index contributed by atoms with van der Waals surface area (Å²) >= 11 is 0. The lowest BCUT2D eigenvalue weighted by Gasteiger charge is -2.50. The van der Waals surface area contributed by atoms with Gasteiger partial charge < -0.3 is 19.1 Å². The Morgan fingerprint density at radius 2 is 2.33 bits per heavy atom. The van der Waals surface area contributed by atoms with Crippen LogP contribution in [0.15, 0.2) is 12.4 Å². The highest BCUT2D eigenvalue weighted by molar-refractivity contribution is 5.42. The highest BCUT2D eigenvalue weighted by Gasteiger charge is 2.46. The number of hydrogen-bond acceptors (Lipinski definition) is 6. The van der Waals surface area contributed by atoms with E-state index in [4.69, 9.17) is 14.2 Å². The van der Waals surface area contributed by atoms with Crippen LogP contribution in [0.3, 0.4) is 0 Å². The minimum Gasteiger partial charge on any atom is -0.481 e. The zero-order chi connectivity index (χ0) is 14.7. The molecule has 6 heteroatoms. The van der Waals surface area contributed by atoms with E-state index in [9.17, 15) is 0 Å². The number of ether oxygens (including phenoxy) is 3. The number of rotatable bonds is 4. The van der Waals surface area contributed by atoms with E-state index in [-0.39, 0.29) is 5.41 Å². The van der Waals surface area contributed by atoms with Gasteiger partial charge in [-0.15, -0.1) is 0 Å². The zero-order valence-electron chi connectivity index (χ0n) is 12.7. The Labute approximate surface area is 125 Å². The molecule has 2 atom stereocenters. The summed E-state index contributed by atoms with van der Waals surface area (Å²) in [5.41, 5.74) is 0.0729. The van der Waals surface area contributed by atoms with Gasteiger partial charge in [0.15, 0.2) is 0 Å². The van der Waals surface area contributed by atoms with Crippen LogP contribution in [0.25, 0.3) is 0 Å². The summed E-state index contributed by atoms with van der Waals surface area (Å²) in [5, 5.41) is 0. The van der Waals surface area contributed by atoms with Gasteiger partial charge in [-0.1, -0.05) is 0 Å². The molecule has 2 fully saturated rings. The number of fused-ring (bicyclic) bond motifs is 1. The first-order valence-corrected chi connectivity index (χ1v) is 7.49. The maximum atomic E-state index is 6.00.